The molecular formula is C9H14O. The summed E-state index contributed by atoms with van der Waals surface area (Å²) in [5.41, 5.74) is 2.41. The first-order valence-electron chi connectivity index (χ1n) is 3.97. The molecule has 10 heavy (non-hydrogen) atoms. The van der Waals surface area contributed by atoms with Crippen molar-refractivity contribution in [3.63, 3.8) is 0 Å². The molecule has 1 aliphatic rings. The smallest absolute Gasteiger partial charge is 0.158 e. The van der Waals surface area contributed by atoms with Gasteiger partial charge < -0.3 is 0 Å². The van der Waals surface area contributed by atoms with Crippen LogP contribution in [0.2, 0.25) is 0 Å². The highest BCUT2D eigenvalue weighted by Gasteiger charge is 2.17. The predicted molar refractivity (Wildman–Crippen MR) is 41.8 cm³/mol. The van der Waals surface area contributed by atoms with Gasteiger partial charge in [0, 0.05) is 6.42 Å². The van der Waals surface area contributed by atoms with E-state index in [-0.39, 0.29) is 0 Å². The third-order valence-electron chi connectivity index (χ3n) is 2.21. The molecule has 0 aromatic rings. The summed E-state index contributed by atoms with van der Waals surface area (Å²) in [6.07, 6.45) is 3.91. The number of carbonyl (C=O) groups excluding carboxylic acids is 1. The van der Waals surface area contributed by atoms with E-state index < -0.39 is 0 Å². The molecule has 0 atom stereocenters. The Bertz CT molecular complexity index is 177. The van der Waals surface area contributed by atoms with Gasteiger partial charge in [0.2, 0.25) is 0 Å². The Morgan fingerprint density at radius 2 is 2.20 bits per heavy atom. The number of carbonyl (C=O) groups is 1. The Hall–Kier alpha value is -0.590. The van der Waals surface area contributed by atoms with Gasteiger partial charge in [0.15, 0.2) is 5.78 Å². The van der Waals surface area contributed by atoms with Crippen molar-refractivity contribution < 1.29 is 4.79 Å². The number of rotatable bonds is 1. The van der Waals surface area contributed by atoms with E-state index in [4.69, 9.17) is 0 Å². The van der Waals surface area contributed by atoms with E-state index in [1.807, 2.05) is 0 Å². The van der Waals surface area contributed by atoms with Gasteiger partial charge >= 0.3 is 0 Å². The van der Waals surface area contributed by atoms with Gasteiger partial charge in [0.25, 0.3) is 0 Å². The maximum atomic E-state index is 11.1. The van der Waals surface area contributed by atoms with E-state index in [9.17, 15) is 4.79 Å². The second-order valence-electron chi connectivity index (χ2n) is 2.89. The summed E-state index contributed by atoms with van der Waals surface area (Å²) in [5, 5.41) is 0. The second-order valence-corrected chi connectivity index (χ2v) is 2.89. The Balaban J connectivity index is 2.79. The number of Topliss-reactive ketones (excluding diaryl/α,β-unsaturated/α-hetero) is 1. The second kappa shape index (κ2) is 3.00. The fourth-order valence-electron chi connectivity index (χ4n) is 1.38. The van der Waals surface area contributed by atoms with E-state index >= 15 is 0 Å². The van der Waals surface area contributed by atoms with E-state index in [2.05, 4.69) is 13.8 Å². The molecule has 1 fully saturated rings. The van der Waals surface area contributed by atoms with Gasteiger partial charge in [0.05, 0.1) is 0 Å². The van der Waals surface area contributed by atoms with Crippen LogP contribution in [0.4, 0.5) is 0 Å². The molecule has 0 amide bonds. The molecule has 0 N–H and O–H groups in total. The van der Waals surface area contributed by atoms with Crippen LogP contribution in [0.15, 0.2) is 11.1 Å². The highest BCUT2D eigenvalue weighted by atomic mass is 16.1. The molecular weight excluding hydrogens is 124 g/mol. The van der Waals surface area contributed by atoms with Gasteiger partial charge in [-0.25, -0.2) is 0 Å². The number of hydrogen-bond donors (Lipinski definition) is 0. The molecule has 0 spiro atoms. The first-order chi connectivity index (χ1) is 4.75. The van der Waals surface area contributed by atoms with Gasteiger partial charge in [-0.3, -0.25) is 4.79 Å². The minimum Gasteiger partial charge on any atom is -0.295 e. The molecule has 0 aromatic carbocycles. The molecule has 0 aromatic heterocycles. The lowest BCUT2D eigenvalue weighted by molar-refractivity contribution is -0.114. The minimum absolute atomic E-state index is 0.388. The van der Waals surface area contributed by atoms with Crippen molar-refractivity contribution in [2.75, 3.05) is 0 Å². The summed E-state index contributed by atoms with van der Waals surface area (Å²) in [4.78, 5) is 11.1. The quantitative estimate of drug-likeness (QED) is 0.509. The maximum absolute atomic E-state index is 11.1. The van der Waals surface area contributed by atoms with Crippen molar-refractivity contribution in [1.82, 2.24) is 0 Å². The SMILES string of the molecule is CCC(C)=C1CCCC1=O. The molecule has 1 aliphatic carbocycles. The first-order valence-corrected chi connectivity index (χ1v) is 3.97. The van der Waals surface area contributed by atoms with Gasteiger partial charge in [-0.2, -0.15) is 0 Å². The van der Waals surface area contributed by atoms with Crippen LogP contribution in [-0.2, 0) is 4.79 Å². The van der Waals surface area contributed by atoms with E-state index in [1.165, 1.54) is 5.57 Å². The fraction of sp³-hybridized carbons (Fsp3) is 0.667. The summed E-state index contributed by atoms with van der Waals surface area (Å²) < 4.78 is 0. The summed E-state index contributed by atoms with van der Waals surface area (Å²) in [6.45, 7) is 4.17. The number of ketones is 1. The molecule has 0 bridgehead atoms. The Labute approximate surface area is 62.1 Å². The lowest BCUT2D eigenvalue weighted by Crippen LogP contribution is -1.94. The summed E-state index contributed by atoms with van der Waals surface area (Å²) in [7, 11) is 0. The largest absolute Gasteiger partial charge is 0.295 e. The zero-order chi connectivity index (χ0) is 7.56. The zero-order valence-corrected chi connectivity index (χ0v) is 6.74. The first kappa shape index (κ1) is 7.52. The highest BCUT2D eigenvalue weighted by Crippen LogP contribution is 2.24. The fourth-order valence-corrected chi connectivity index (χ4v) is 1.38. The van der Waals surface area contributed by atoms with Gasteiger partial charge in [-0.05, 0) is 31.8 Å². The predicted octanol–water partition coefficient (Wildman–Crippen LogP) is 2.47. The molecule has 1 nitrogen and oxygen atoms in total. The number of hydrogen-bond acceptors (Lipinski definition) is 1. The molecule has 0 heterocycles. The Morgan fingerprint density at radius 3 is 2.60 bits per heavy atom. The normalized spacial score (nSPS) is 23.6. The topological polar surface area (TPSA) is 17.1 Å². The van der Waals surface area contributed by atoms with E-state index in [0.717, 1.165) is 31.3 Å². The average molecular weight is 138 g/mol. The van der Waals surface area contributed by atoms with Crippen molar-refractivity contribution >= 4 is 5.78 Å². The van der Waals surface area contributed by atoms with Crippen molar-refractivity contribution in [1.29, 1.82) is 0 Å². The van der Waals surface area contributed by atoms with E-state index in [0.29, 0.717) is 5.78 Å². The average Bonchev–Trinajstić information content (AvgIpc) is 2.34. The molecule has 56 valence electrons. The minimum atomic E-state index is 0.388. The molecule has 1 saturated carbocycles. The summed E-state index contributed by atoms with van der Waals surface area (Å²) >= 11 is 0. The molecule has 0 saturated heterocycles. The van der Waals surface area contributed by atoms with Crippen LogP contribution in [0.5, 0.6) is 0 Å². The standard InChI is InChI=1S/C9H14O/c1-3-7(2)8-5-4-6-9(8)10/h3-6H2,1-2H3. The summed E-state index contributed by atoms with van der Waals surface area (Å²) in [6, 6.07) is 0. The van der Waals surface area contributed by atoms with Crippen LogP contribution in [0.25, 0.3) is 0 Å². The number of allylic oxidation sites excluding steroid dienone is 2. The van der Waals surface area contributed by atoms with Crippen LogP contribution < -0.4 is 0 Å². The van der Waals surface area contributed by atoms with Crippen LogP contribution in [-0.4, -0.2) is 5.78 Å². The molecule has 0 aliphatic heterocycles. The van der Waals surface area contributed by atoms with Crippen molar-refractivity contribution in [2.45, 2.75) is 39.5 Å². The molecule has 0 unspecified atom stereocenters. The third kappa shape index (κ3) is 1.28. The van der Waals surface area contributed by atoms with Gasteiger partial charge in [-0.15, -0.1) is 0 Å². The van der Waals surface area contributed by atoms with Crippen LogP contribution in [0, 0.1) is 0 Å². The lowest BCUT2D eigenvalue weighted by Gasteiger charge is -1.99. The third-order valence-corrected chi connectivity index (χ3v) is 2.21. The van der Waals surface area contributed by atoms with Gasteiger partial charge in [0.1, 0.15) is 0 Å². The monoisotopic (exact) mass is 138 g/mol. The van der Waals surface area contributed by atoms with Crippen LogP contribution >= 0.6 is 0 Å². The molecule has 1 heteroatoms. The van der Waals surface area contributed by atoms with Crippen molar-refractivity contribution in [3.8, 4) is 0 Å². The zero-order valence-electron chi connectivity index (χ0n) is 6.74. The molecule has 0 radical (unpaired) electrons. The maximum Gasteiger partial charge on any atom is 0.158 e. The van der Waals surface area contributed by atoms with Crippen LogP contribution in [0.3, 0.4) is 0 Å². The Kier molecular flexibility index (Phi) is 2.25. The molecule has 1 rings (SSSR count). The summed E-state index contributed by atoms with van der Waals surface area (Å²) in [5.74, 6) is 0.388. The van der Waals surface area contributed by atoms with Crippen molar-refractivity contribution in [2.24, 2.45) is 0 Å². The van der Waals surface area contributed by atoms with Gasteiger partial charge in [-0.1, -0.05) is 12.5 Å². The van der Waals surface area contributed by atoms with E-state index in [1.54, 1.807) is 0 Å². The van der Waals surface area contributed by atoms with Crippen molar-refractivity contribution in [3.05, 3.63) is 11.1 Å². The van der Waals surface area contributed by atoms with Crippen LogP contribution in [0.1, 0.15) is 39.5 Å². The Morgan fingerprint density at radius 1 is 1.50 bits per heavy atom. The lowest BCUT2D eigenvalue weighted by atomic mass is 10.1. The highest BCUT2D eigenvalue weighted by molar-refractivity contribution is 5.97.